The van der Waals surface area contributed by atoms with Crippen LogP contribution in [0.25, 0.3) is 0 Å². The molecule has 3 aromatic rings. The normalized spacial score (nSPS) is 14.9. The second-order valence-corrected chi connectivity index (χ2v) is 7.04. The van der Waals surface area contributed by atoms with Gasteiger partial charge in [-0.1, -0.05) is 36.4 Å². The monoisotopic (exact) mass is 359 g/mol. The molecule has 1 aliphatic rings. The zero-order chi connectivity index (χ0) is 18.3. The first-order valence-corrected chi connectivity index (χ1v) is 9.62. The number of nitrogens with one attached hydrogen (secondary N) is 1. The van der Waals surface area contributed by atoms with E-state index in [0.29, 0.717) is 6.54 Å². The van der Waals surface area contributed by atoms with E-state index >= 15 is 0 Å². The number of aromatic nitrogens is 3. The summed E-state index contributed by atoms with van der Waals surface area (Å²) in [6.45, 7) is 2.69. The van der Waals surface area contributed by atoms with Gasteiger partial charge in [0.05, 0.1) is 12.2 Å². The van der Waals surface area contributed by atoms with Gasteiger partial charge in [-0.25, -0.2) is 4.98 Å². The fourth-order valence-electron chi connectivity index (χ4n) is 3.57. The lowest BCUT2D eigenvalue weighted by molar-refractivity contribution is 0.400. The Balaban J connectivity index is 1.32. The Hall–Kier alpha value is -2.95. The third-order valence-electron chi connectivity index (χ3n) is 5.08. The average Bonchev–Trinajstić information content (AvgIpc) is 2.75. The Bertz CT molecular complexity index is 830. The highest BCUT2D eigenvalue weighted by Gasteiger charge is 2.21. The van der Waals surface area contributed by atoms with Crippen LogP contribution in [-0.4, -0.2) is 28.0 Å². The average molecular weight is 359 g/mol. The molecule has 0 unspecified atom stereocenters. The Labute approximate surface area is 160 Å². The van der Waals surface area contributed by atoms with Crippen LogP contribution < -0.4 is 10.2 Å². The van der Waals surface area contributed by atoms with Crippen molar-refractivity contribution in [1.29, 1.82) is 0 Å². The van der Waals surface area contributed by atoms with Crippen molar-refractivity contribution in [1.82, 2.24) is 15.0 Å². The molecule has 0 aliphatic carbocycles. The summed E-state index contributed by atoms with van der Waals surface area (Å²) >= 11 is 0. The second kappa shape index (κ2) is 8.62. The van der Waals surface area contributed by atoms with Gasteiger partial charge in [-0.3, -0.25) is 4.98 Å². The fraction of sp³-hybridized carbons (Fsp3) is 0.318. The van der Waals surface area contributed by atoms with Crippen molar-refractivity contribution in [3.05, 3.63) is 78.2 Å². The van der Waals surface area contributed by atoms with Crippen LogP contribution in [0.1, 0.15) is 24.1 Å². The third-order valence-corrected chi connectivity index (χ3v) is 5.08. The molecule has 0 bridgehead atoms. The van der Waals surface area contributed by atoms with Crippen molar-refractivity contribution in [2.75, 3.05) is 23.3 Å². The van der Waals surface area contributed by atoms with Crippen LogP contribution in [0.4, 0.5) is 11.8 Å². The predicted octanol–water partition coefficient (Wildman–Crippen LogP) is 3.94. The van der Waals surface area contributed by atoms with Gasteiger partial charge in [0.25, 0.3) is 0 Å². The summed E-state index contributed by atoms with van der Waals surface area (Å²) in [5, 5.41) is 3.34. The number of benzene rings is 1. The molecular weight excluding hydrogens is 334 g/mol. The Morgan fingerprint density at radius 2 is 1.70 bits per heavy atom. The van der Waals surface area contributed by atoms with E-state index in [1.165, 1.54) is 24.8 Å². The number of piperidine rings is 1. The van der Waals surface area contributed by atoms with Crippen molar-refractivity contribution in [3.8, 4) is 0 Å². The second-order valence-electron chi connectivity index (χ2n) is 7.04. The van der Waals surface area contributed by atoms with E-state index in [2.05, 4.69) is 50.5 Å². The van der Waals surface area contributed by atoms with Gasteiger partial charge in [0, 0.05) is 25.5 Å². The summed E-state index contributed by atoms with van der Waals surface area (Å²) in [6, 6.07) is 18.6. The van der Waals surface area contributed by atoms with E-state index in [9.17, 15) is 0 Å². The first kappa shape index (κ1) is 17.5. The minimum absolute atomic E-state index is 0.663. The molecule has 0 spiro atoms. The largest absolute Gasteiger partial charge is 0.364 e. The number of pyridine rings is 1. The molecule has 1 saturated heterocycles. The standard InChI is InChI=1S/C22H25N5/c1-2-6-18(7-3-1)16-19-10-14-27(15-11-19)22-24-13-9-21(26-22)25-17-20-8-4-5-12-23-20/h1-9,12-13,19H,10-11,14-17H2,(H,24,25,26). The molecule has 1 N–H and O–H groups in total. The van der Waals surface area contributed by atoms with Crippen LogP contribution in [-0.2, 0) is 13.0 Å². The lowest BCUT2D eigenvalue weighted by atomic mass is 9.90. The van der Waals surface area contributed by atoms with E-state index in [0.717, 1.165) is 36.5 Å². The summed E-state index contributed by atoms with van der Waals surface area (Å²) in [5.41, 5.74) is 2.44. The molecule has 27 heavy (non-hydrogen) atoms. The molecule has 0 atom stereocenters. The quantitative estimate of drug-likeness (QED) is 0.722. The number of anilines is 2. The van der Waals surface area contributed by atoms with E-state index in [4.69, 9.17) is 4.98 Å². The zero-order valence-corrected chi connectivity index (χ0v) is 15.5. The van der Waals surface area contributed by atoms with Crippen LogP contribution in [0.3, 0.4) is 0 Å². The predicted molar refractivity (Wildman–Crippen MR) is 109 cm³/mol. The van der Waals surface area contributed by atoms with Gasteiger partial charge >= 0.3 is 0 Å². The molecule has 1 aromatic carbocycles. The van der Waals surface area contributed by atoms with Crippen LogP contribution in [0.2, 0.25) is 0 Å². The van der Waals surface area contributed by atoms with Crippen molar-refractivity contribution in [3.63, 3.8) is 0 Å². The van der Waals surface area contributed by atoms with Crippen molar-refractivity contribution < 1.29 is 0 Å². The van der Waals surface area contributed by atoms with Gasteiger partial charge in [-0.15, -0.1) is 0 Å². The van der Waals surface area contributed by atoms with Gasteiger partial charge in [0.15, 0.2) is 0 Å². The van der Waals surface area contributed by atoms with Crippen molar-refractivity contribution in [2.24, 2.45) is 5.92 Å². The van der Waals surface area contributed by atoms with Crippen LogP contribution in [0.15, 0.2) is 67.0 Å². The molecular formula is C22H25N5. The van der Waals surface area contributed by atoms with Crippen molar-refractivity contribution in [2.45, 2.75) is 25.8 Å². The Kier molecular flexibility index (Phi) is 5.58. The number of hydrogen-bond donors (Lipinski definition) is 1. The molecule has 1 fully saturated rings. The summed E-state index contributed by atoms with van der Waals surface area (Å²) in [6.07, 6.45) is 7.18. The van der Waals surface area contributed by atoms with Gasteiger partial charge in [0.2, 0.25) is 5.95 Å². The number of hydrogen-bond acceptors (Lipinski definition) is 5. The maximum absolute atomic E-state index is 4.70. The number of rotatable bonds is 6. The molecule has 2 aromatic heterocycles. The highest BCUT2D eigenvalue weighted by Crippen LogP contribution is 2.24. The number of nitrogens with zero attached hydrogens (tertiary/aromatic N) is 4. The molecule has 0 radical (unpaired) electrons. The Morgan fingerprint density at radius 3 is 2.48 bits per heavy atom. The fourth-order valence-corrected chi connectivity index (χ4v) is 3.57. The van der Waals surface area contributed by atoms with E-state index in [1.807, 2.05) is 36.7 Å². The van der Waals surface area contributed by atoms with Gasteiger partial charge in [0.1, 0.15) is 5.82 Å². The highest BCUT2D eigenvalue weighted by atomic mass is 15.3. The van der Waals surface area contributed by atoms with Crippen LogP contribution >= 0.6 is 0 Å². The van der Waals surface area contributed by atoms with Crippen molar-refractivity contribution >= 4 is 11.8 Å². The smallest absolute Gasteiger partial charge is 0.227 e. The highest BCUT2D eigenvalue weighted by molar-refractivity contribution is 5.41. The SMILES string of the molecule is c1ccc(CC2CCN(c3nccc(NCc4ccccn4)n3)CC2)cc1. The lowest BCUT2D eigenvalue weighted by Gasteiger charge is -2.32. The molecule has 5 nitrogen and oxygen atoms in total. The van der Waals surface area contributed by atoms with E-state index in [-0.39, 0.29) is 0 Å². The first-order chi connectivity index (χ1) is 13.4. The van der Waals surface area contributed by atoms with Gasteiger partial charge in [-0.2, -0.15) is 4.98 Å². The minimum Gasteiger partial charge on any atom is -0.364 e. The topological polar surface area (TPSA) is 53.9 Å². The van der Waals surface area contributed by atoms with Gasteiger partial charge in [-0.05, 0) is 48.9 Å². The van der Waals surface area contributed by atoms with Gasteiger partial charge < -0.3 is 10.2 Å². The van der Waals surface area contributed by atoms with E-state index < -0.39 is 0 Å². The van der Waals surface area contributed by atoms with Crippen LogP contribution in [0.5, 0.6) is 0 Å². The minimum atomic E-state index is 0.663. The molecule has 1 aliphatic heterocycles. The summed E-state index contributed by atoms with van der Waals surface area (Å²) < 4.78 is 0. The lowest BCUT2D eigenvalue weighted by Crippen LogP contribution is -2.35. The summed E-state index contributed by atoms with van der Waals surface area (Å²) in [5.74, 6) is 2.41. The molecule has 3 heterocycles. The maximum Gasteiger partial charge on any atom is 0.227 e. The molecule has 138 valence electrons. The summed E-state index contributed by atoms with van der Waals surface area (Å²) in [7, 11) is 0. The molecule has 5 heteroatoms. The molecule has 0 saturated carbocycles. The summed E-state index contributed by atoms with van der Waals surface area (Å²) in [4.78, 5) is 15.8. The van der Waals surface area contributed by atoms with E-state index in [1.54, 1.807) is 0 Å². The van der Waals surface area contributed by atoms with Crippen LogP contribution in [0, 0.1) is 5.92 Å². The Morgan fingerprint density at radius 1 is 0.889 bits per heavy atom. The maximum atomic E-state index is 4.70. The molecule has 0 amide bonds. The third kappa shape index (κ3) is 4.82. The zero-order valence-electron chi connectivity index (χ0n) is 15.5. The molecule has 4 rings (SSSR count). The first-order valence-electron chi connectivity index (χ1n) is 9.62.